The molecule has 0 saturated carbocycles. The molecule has 0 radical (unpaired) electrons. The zero-order valence-electron chi connectivity index (χ0n) is 16.4. The number of pyridine rings is 1. The second-order valence-electron chi connectivity index (χ2n) is 7.26. The number of aromatic nitrogens is 1. The molecule has 2 aromatic rings. The zero-order valence-corrected chi connectivity index (χ0v) is 16.4. The van der Waals surface area contributed by atoms with Gasteiger partial charge in [-0.05, 0) is 55.5 Å². The Morgan fingerprint density at radius 3 is 2.67 bits per heavy atom. The molecule has 0 fully saturated rings. The maximum absolute atomic E-state index is 13.1. The number of fused-ring (bicyclic) bond motifs is 1. The first kappa shape index (κ1) is 18.9. The summed E-state index contributed by atoms with van der Waals surface area (Å²) in [6.45, 7) is 9.67. The first-order valence-corrected chi connectivity index (χ1v) is 9.12. The van der Waals surface area contributed by atoms with Gasteiger partial charge in [0.05, 0.1) is 5.69 Å². The summed E-state index contributed by atoms with van der Waals surface area (Å²) in [5.41, 5.74) is 3.55. The van der Waals surface area contributed by atoms with Gasteiger partial charge in [0.2, 0.25) is 5.91 Å². The molecule has 6 heteroatoms. The fourth-order valence-electron chi connectivity index (χ4n) is 3.16. The molecule has 27 heavy (non-hydrogen) atoms. The molecule has 1 aliphatic heterocycles. The number of anilines is 2. The molecule has 0 bridgehead atoms. The van der Waals surface area contributed by atoms with E-state index in [9.17, 15) is 9.59 Å². The van der Waals surface area contributed by atoms with E-state index in [0.717, 1.165) is 16.7 Å². The highest BCUT2D eigenvalue weighted by Crippen LogP contribution is 2.32. The molecule has 2 heterocycles. The second-order valence-corrected chi connectivity index (χ2v) is 7.26. The first-order valence-electron chi connectivity index (χ1n) is 9.12. The van der Waals surface area contributed by atoms with Gasteiger partial charge in [-0.1, -0.05) is 26.0 Å². The Hall–Kier alpha value is -2.89. The van der Waals surface area contributed by atoms with Crippen LogP contribution in [-0.2, 0) is 9.59 Å². The third kappa shape index (κ3) is 3.79. The predicted octanol–water partition coefficient (Wildman–Crippen LogP) is 3.57. The minimum Gasteiger partial charge on any atom is -0.481 e. The monoisotopic (exact) mass is 367 g/mol. The molecule has 2 amide bonds. The molecule has 1 aromatic carbocycles. The summed E-state index contributed by atoms with van der Waals surface area (Å²) in [6.07, 6.45) is 0.889. The number of carbonyl (C=O) groups excluding carboxylic acids is 2. The Bertz CT molecular complexity index is 892. The summed E-state index contributed by atoms with van der Waals surface area (Å²) >= 11 is 0. The number of nitrogens with zero attached hydrogens (tertiary/aromatic N) is 2. The van der Waals surface area contributed by atoms with Gasteiger partial charge in [0.15, 0.2) is 11.9 Å². The van der Waals surface area contributed by atoms with Gasteiger partial charge in [-0.2, -0.15) is 0 Å². The van der Waals surface area contributed by atoms with Crippen LogP contribution in [0.5, 0.6) is 5.75 Å². The van der Waals surface area contributed by atoms with E-state index in [1.54, 1.807) is 19.2 Å². The van der Waals surface area contributed by atoms with Crippen LogP contribution in [0.1, 0.15) is 43.4 Å². The molecule has 3 rings (SSSR count). The van der Waals surface area contributed by atoms with Crippen molar-refractivity contribution >= 4 is 23.3 Å². The van der Waals surface area contributed by atoms with Crippen LogP contribution in [0.25, 0.3) is 0 Å². The van der Waals surface area contributed by atoms with E-state index in [1.807, 2.05) is 32.0 Å². The van der Waals surface area contributed by atoms with Crippen molar-refractivity contribution in [1.29, 1.82) is 0 Å². The smallest absolute Gasteiger partial charge is 0.269 e. The summed E-state index contributed by atoms with van der Waals surface area (Å²) in [5.74, 6) is 0.903. The highest BCUT2D eigenvalue weighted by Gasteiger charge is 2.32. The molecule has 1 N–H and O–H groups in total. The van der Waals surface area contributed by atoms with Gasteiger partial charge in [-0.25, -0.2) is 4.98 Å². The molecular weight excluding hydrogens is 342 g/mol. The molecule has 1 aliphatic rings. The lowest BCUT2D eigenvalue weighted by molar-refractivity contribution is -0.126. The number of amides is 2. The Labute approximate surface area is 159 Å². The van der Waals surface area contributed by atoms with Gasteiger partial charge in [-0.3, -0.25) is 14.5 Å². The van der Waals surface area contributed by atoms with E-state index >= 15 is 0 Å². The van der Waals surface area contributed by atoms with Gasteiger partial charge < -0.3 is 10.1 Å². The van der Waals surface area contributed by atoms with E-state index in [4.69, 9.17) is 4.74 Å². The van der Waals surface area contributed by atoms with E-state index in [1.165, 1.54) is 4.90 Å². The summed E-state index contributed by atoms with van der Waals surface area (Å²) in [6, 6.07) is 7.81. The van der Waals surface area contributed by atoms with Gasteiger partial charge in [-0.15, -0.1) is 0 Å². The Kier molecular flexibility index (Phi) is 5.17. The molecule has 0 saturated heterocycles. The van der Waals surface area contributed by atoms with Crippen LogP contribution in [0.2, 0.25) is 0 Å². The number of ether oxygens (including phenoxy) is 1. The van der Waals surface area contributed by atoms with Crippen molar-refractivity contribution < 1.29 is 14.3 Å². The summed E-state index contributed by atoms with van der Waals surface area (Å²) < 4.78 is 6.03. The van der Waals surface area contributed by atoms with Crippen LogP contribution >= 0.6 is 0 Å². The van der Waals surface area contributed by atoms with Gasteiger partial charge in [0.1, 0.15) is 12.3 Å². The Morgan fingerprint density at radius 2 is 1.96 bits per heavy atom. The van der Waals surface area contributed by atoms with Crippen molar-refractivity contribution in [2.24, 2.45) is 0 Å². The number of aryl methyl sites for hydroxylation is 2. The fourth-order valence-corrected chi connectivity index (χ4v) is 3.16. The molecule has 142 valence electrons. The zero-order chi connectivity index (χ0) is 19.7. The van der Waals surface area contributed by atoms with Crippen molar-refractivity contribution in [3.05, 3.63) is 47.2 Å². The number of hydrogen-bond donors (Lipinski definition) is 1. The number of hydrogen-bond acceptors (Lipinski definition) is 4. The van der Waals surface area contributed by atoms with E-state index in [2.05, 4.69) is 24.1 Å². The van der Waals surface area contributed by atoms with Crippen molar-refractivity contribution in [3.8, 4) is 5.75 Å². The summed E-state index contributed by atoms with van der Waals surface area (Å²) in [5, 5.41) is 2.80. The quantitative estimate of drug-likeness (QED) is 0.897. The largest absolute Gasteiger partial charge is 0.481 e. The predicted molar refractivity (Wildman–Crippen MR) is 105 cm³/mol. The highest BCUT2D eigenvalue weighted by molar-refractivity contribution is 6.10. The van der Waals surface area contributed by atoms with Crippen LogP contribution in [0.15, 0.2) is 30.5 Å². The molecule has 1 atom stereocenters. The maximum Gasteiger partial charge on any atom is 0.269 e. The van der Waals surface area contributed by atoms with Crippen molar-refractivity contribution in [2.45, 2.75) is 46.6 Å². The summed E-state index contributed by atoms with van der Waals surface area (Å²) in [4.78, 5) is 30.9. The minimum absolute atomic E-state index is 0.0686. The van der Waals surface area contributed by atoms with Crippen LogP contribution in [0.4, 0.5) is 11.5 Å². The number of nitrogens with one attached hydrogen (secondary N) is 1. The third-order valence-corrected chi connectivity index (χ3v) is 4.67. The Balaban J connectivity index is 1.88. The van der Waals surface area contributed by atoms with Crippen LogP contribution in [0.3, 0.4) is 0 Å². The van der Waals surface area contributed by atoms with Crippen LogP contribution < -0.4 is 15.0 Å². The Morgan fingerprint density at radius 1 is 1.22 bits per heavy atom. The SMILES string of the molecule is Cc1ccc(C(C)C)c(OC(C)C(=O)N2CC(=O)Nc3c(C)ccnc32)c1. The number of benzene rings is 1. The number of rotatable bonds is 4. The highest BCUT2D eigenvalue weighted by atomic mass is 16.5. The minimum atomic E-state index is -0.745. The number of carbonyl (C=O) groups is 2. The summed E-state index contributed by atoms with van der Waals surface area (Å²) in [7, 11) is 0. The maximum atomic E-state index is 13.1. The van der Waals surface area contributed by atoms with Gasteiger partial charge in [0.25, 0.3) is 5.91 Å². The van der Waals surface area contributed by atoms with E-state index < -0.39 is 6.10 Å². The van der Waals surface area contributed by atoms with Gasteiger partial charge in [0, 0.05) is 6.20 Å². The van der Waals surface area contributed by atoms with E-state index in [-0.39, 0.29) is 24.3 Å². The fraction of sp³-hybridized carbons (Fsp3) is 0.381. The molecule has 1 unspecified atom stereocenters. The first-order chi connectivity index (χ1) is 12.8. The lowest BCUT2D eigenvalue weighted by Gasteiger charge is -2.31. The van der Waals surface area contributed by atoms with Crippen LogP contribution in [-0.4, -0.2) is 29.4 Å². The standard InChI is InChI=1S/C21H25N3O3/c1-12(2)16-7-6-13(3)10-17(16)27-15(5)21(26)24-11-18(25)23-19-14(4)8-9-22-20(19)24/h6-10,12,15H,11H2,1-5H3,(H,23,25). The van der Waals surface area contributed by atoms with Crippen molar-refractivity contribution in [1.82, 2.24) is 4.98 Å². The molecule has 6 nitrogen and oxygen atoms in total. The molecule has 1 aromatic heterocycles. The second kappa shape index (κ2) is 7.39. The van der Waals surface area contributed by atoms with Gasteiger partial charge >= 0.3 is 0 Å². The van der Waals surface area contributed by atoms with Crippen molar-refractivity contribution in [3.63, 3.8) is 0 Å². The van der Waals surface area contributed by atoms with Crippen molar-refractivity contribution in [2.75, 3.05) is 16.8 Å². The average Bonchev–Trinajstić information content (AvgIpc) is 2.61. The molecule has 0 spiro atoms. The lowest BCUT2D eigenvalue weighted by atomic mass is 10.0. The molecular formula is C21H25N3O3. The van der Waals surface area contributed by atoms with Crippen LogP contribution in [0, 0.1) is 13.8 Å². The third-order valence-electron chi connectivity index (χ3n) is 4.67. The topological polar surface area (TPSA) is 71.5 Å². The van der Waals surface area contributed by atoms with E-state index in [0.29, 0.717) is 17.3 Å². The normalized spacial score (nSPS) is 14.6. The lowest BCUT2D eigenvalue weighted by Crippen LogP contribution is -2.48. The average molecular weight is 367 g/mol. The molecule has 0 aliphatic carbocycles.